The number of carbonyl (C=O) groups excluding carboxylic acids is 1. The van der Waals surface area contributed by atoms with E-state index in [1.54, 1.807) is 11.3 Å². The SMILES string of the molecule is C.Cc1csc(-c2ccc3c(C(=O)N[C@H]4C[C@@H]5C[C@H]4CN5)n[nH]c3c2)n1. The van der Waals surface area contributed by atoms with Crippen LogP contribution in [0.15, 0.2) is 23.6 Å². The summed E-state index contributed by atoms with van der Waals surface area (Å²) in [4.78, 5) is 17.2. The van der Waals surface area contributed by atoms with Gasteiger partial charge < -0.3 is 10.6 Å². The van der Waals surface area contributed by atoms with E-state index in [1.165, 1.54) is 6.42 Å². The van der Waals surface area contributed by atoms with Gasteiger partial charge >= 0.3 is 0 Å². The Morgan fingerprint density at radius 1 is 1.35 bits per heavy atom. The Hall–Kier alpha value is -2.25. The van der Waals surface area contributed by atoms with E-state index >= 15 is 0 Å². The van der Waals surface area contributed by atoms with Crippen LogP contribution in [0, 0.1) is 12.8 Å². The van der Waals surface area contributed by atoms with E-state index in [0.29, 0.717) is 17.7 Å². The van der Waals surface area contributed by atoms with Crippen molar-refractivity contribution in [1.29, 1.82) is 0 Å². The van der Waals surface area contributed by atoms with Gasteiger partial charge in [-0.15, -0.1) is 11.3 Å². The molecule has 0 radical (unpaired) electrons. The number of aromatic nitrogens is 3. The molecule has 2 fully saturated rings. The fourth-order valence-corrected chi connectivity index (χ4v) is 4.86. The number of amides is 1. The number of aromatic amines is 1. The topological polar surface area (TPSA) is 82.7 Å². The molecule has 3 atom stereocenters. The van der Waals surface area contributed by atoms with Gasteiger partial charge in [0.15, 0.2) is 5.69 Å². The van der Waals surface area contributed by atoms with Crippen molar-refractivity contribution in [3.63, 3.8) is 0 Å². The molecule has 1 aromatic carbocycles. The molecule has 0 spiro atoms. The fraction of sp³-hybridized carbons (Fsp3) is 0.421. The highest BCUT2D eigenvalue weighted by atomic mass is 32.1. The quantitative estimate of drug-likeness (QED) is 0.662. The molecule has 7 heteroatoms. The monoisotopic (exact) mass is 369 g/mol. The summed E-state index contributed by atoms with van der Waals surface area (Å²) in [6, 6.07) is 6.81. The third-order valence-electron chi connectivity index (χ3n) is 5.32. The number of carbonyl (C=O) groups is 1. The first kappa shape index (κ1) is 17.2. The number of rotatable bonds is 3. The highest BCUT2D eigenvalue weighted by Crippen LogP contribution is 2.32. The zero-order valence-corrected chi connectivity index (χ0v) is 14.7. The van der Waals surface area contributed by atoms with Gasteiger partial charge in [0.05, 0.1) is 5.52 Å². The number of thiazole rings is 1. The van der Waals surface area contributed by atoms with Crippen LogP contribution in [0.2, 0.25) is 0 Å². The van der Waals surface area contributed by atoms with Gasteiger partial charge in [-0.1, -0.05) is 13.5 Å². The number of aryl methyl sites for hydroxylation is 1. The smallest absolute Gasteiger partial charge is 0.272 e. The summed E-state index contributed by atoms with van der Waals surface area (Å²) in [6.07, 6.45) is 2.19. The first-order valence-corrected chi connectivity index (χ1v) is 9.50. The van der Waals surface area contributed by atoms with Crippen molar-refractivity contribution in [3.8, 4) is 10.6 Å². The van der Waals surface area contributed by atoms with Gasteiger partial charge in [-0.2, -0.15) is 5.10 Å². The Morgan fingerprint density at radius 2 is 2.23 bits per heavy atom. The second-order valence-corrected chi connectivity index (χ2v) is 7.90. The number of fused-ring (bicyclic) bond motifs is 3. The molecule has 1 saturated heterocycles. The minimum Gasteiger partial charge on any atom is -0.348 e. The van der Waals surface area contributed by atoms with Crippen LogP contribution >= 0.6 is 11.3 Å². The molecule has 0 unspecified atom stereocenters. The molecule has 1 aliphatic heterocycles. The van der Waals surface area contributed by atoms with E-state index in [4.69, 9.17) is 0 Å². The maximum absolute atomic E-state index is 12.7. The second kappa shape index (κ2) is 6.48. The molecular formula is C19H23N5OS. The van der Waals surface area contributed by atoms with Crippen molar-refractivity contribution in [1.82, 2.24) is 25.8 Å². The summed E-state index contributed by atoms with van der Waals surface area (Å²) < 4.78 is 0. The van der Waals surface area contributed by atoms with Crippen LogP contribution in [0.4, 0.5) is 0 Å². The molecule has 3 aromatic rings. The van der Waals surface area contributed by atoms with Gasteiger partial charge in [0.2, 0.25) is 0 Å². The first-order chi connectivity index (χ1) is 12.2. The van der Waals surface area contributed by atoms with Crippen LogP contribution in [0.1, 0.15) is 36.5 Å². The van der Waals surface area contributed by atoms with E-state index in [-0.39, 0.29) is 19.4 Å². The largest absolute Gasteiger partial charge is 0.348 e. The summed E-state index contributed by atoms with van der Waals surface area (Å²) in [5, 5.41) is 17.8. The molecule has 136 valence electrons. The third-order valence-corrected chi connectivity index (χ3v) is 6.33. The Labute approximate surface area is 156 Å². The molecule has 1 saturated carbocycles. The third kappa shape index (κ3) is 2.81. The fourth-order valence-electron chi connectivity index (χ4n) is 4.06. The molecule has 3 N–H and O–H groups in total. The van der Waals surface area contributed by atoms with Gasteiger partial charge in [-0.05, 0) is 37.8 Å². The van der Waals surface area contributed by atoms with Crippen LogP contribution in [-0.2, 0) is 0 Å². The lowest BCUT2D eigenvalue weighted by Crippen LogP contribution is -2.44. The maximum Gasteiger partial charge on any atom is 0.272 e. The standard InChI is InChI=1S/C18H19N5OS.CH4/c1-9-8-25-18(20-9)10-2-3-13-15(5-10)22-23-16(13)17(24)21-14-6-12-4-11(14)7-19-12;/h2-3,5,8,11-12,14,19H,4,6-7H2,1H3,(H,21,24)(H,22,23);1H4/t11-,12-,14-;/m0./s1. The lowest BCUT2D eigenvalue weighted by molar-refractivity contribution is 0.0921. The summed E-state index contributed by atoms with van der Waals surface area (Å²) in [6.45, 7) is 3.00. The lowest BCUT2D eigenvalue weighted by Gasteiger charge is -2.23. The highest BCUT2D eigenvalue weighted by Gasteiger charge is 2.40. The number of benzene rings is 1. The molecule has 1 aliphatic carbocycles. The van der Waals surface area contributed by atoms with Gasteiger partial charge in [0.1, 0.15) is 5.01 Å². The Kier molecular flexibility index (Phi) is 4.28. The normalized spacial score (nSPS) is 24.0. The van der Waals surface area contributed by atoms with Crippen LogP contribution in [-0.4, -0.2) is 39.7 Å². The van der Waals surface area contributed by atoms with Gasteiger partial charge in [0, 0.05) is 40.7 Å². The number of nitrogens with one attached hydrogen (secondary N) is 3. The number of H-pyrrole nitrogens is 1. The minimum atomic E-state index is -0.0818. The van der Waals surface area contributed by atoms with Gasteiger partial charge in [-0.3, -0.25) is 9.89 Å². The van der Waals surface area contributed by atoms with Crippen LogP contribution in [0.5, 0.6) is 0 Å². The molecular weight excluding hydrogens is 346 g/mol. The zero-order valence-electron chi connectivity index (χ0n) is 13.9. The van der Waals surface area contributed by atoms with Crippen molar-refractivity contribution in [2.45, 2.75) is 39.3 Å². The van der Waals surface area contributed by atoms with Crippen molar-refractivity contribution >= 4 is 28.1 Å². The first-order valence-electron chi connectivity index (χ1n) is 8.62. The van der Waals surface area contributed by atoms with E-state index in [1.807, 2.05) is 30.5 Å². The Bertz CT molecular complexity index is 962. The molecule has 26 heavy (non-hydrogen) atoms. The molecule has 2 aliphatic rings. The van der Waals surface area contributed by atoms with Crippen molar-refractivity contribution in [2.75, 3.05) is 6.54 Å². The van der Waals surface area contributed by atoms with E-state index in [2.05, 4.69) is 25.8 Å². The number of nitrogens with zero attached hydrogens (tertiary/aromatic N) is 2. The predicted molar refractivity (Wildman–Crippen MR) is 104 cm³/mol. The molecule has 2 aromatic heterocycles. The lowest BCUT2D eigenvalue weighted by atomic mass is 10.0. The maximum atomic E-state index is 12.7. The summed E-state index contributed by atoms with van der Waals surface area (Å²) in [7, 11) is 0. The number of hydrogen-bond donors (Lipinski definition) is 3. The zero-order chi connectivity index (χ0) is 17.0. The summed E-state index contributed by atoms with van der Waals surface area (Å²) >= 11 is 1.62. The number of piperidine rings is 1. The predicted octanol–water partition coefficient (Wildman–Crippen LogP) is 3.11. The molecule has 3 heterocycles. The van der Waals surface area contributed by atoms with Crippen LogP contribution in [0.25, 0.3) is 21.5 Å². The molecule has 1 amide bonds. The van der Waals surface area contributed by atoms with Crippen LogP contribution in [0.3, 0.4) is 0 Å². The van der Waals surface area contributed by atoms with Crippen LogP contribution < -0.4 is 10.6 Å². The molecule has 6 nitrogen and oxygen atoms in total. The minimum absolute atomic E-state index is 0. The van der Waals surface area contributed by atoms with E-state index < -0.39 is 0 Å². The van der Waals surface area contributed by atoms with Gasteiger partial charge in [-0.25, -0.2) is 4.98 Å². The Balaban J connectivity index is 0.00000168. The molecule has 5 rings (SSSR count). The van der Waals surface area contributed by atoms with E-state index in [0.717, 1.165) is 40.1 Å². The van der Waals surface area contributed by atoms with Crippen molar-refractivity contribution in [3.05, 3.63) is 35.0 Å². The molecule has 2 bridgehead atoms. The second-order valence-electron chi connectivity index (χ2n) is 7.04. The Morgan fingerprint density at radius 3 is 2.92 bits per heavy atom. The summed E-state index contributed by atoms with van der Waals surface area (Å²) in [5.74, 6) is 0.473. The summed E-state index contributed by atoms with van der Waals surface area (Å²) in [5.41, 5.74) is 3.41. The number of hydrogen-bond acceptors (Lipinski definition) is 5. The van der Waals surface area contributed by atoms with Crippen molar-refractivity contribution < 1.29 is 4.79 Å². The van der Waals surface area contributed by atoms with E-state index in [9.17, 15) is 4.79 Å². The highest BCUT2D eigenvalue weighted by molar-refractivity contribution is 7.13. The van der Waals surface area contributed by atoms with Crippen molar-refractivity contribution in [2.24, 2.45) is 5.92 Å². The average Bonchev–Trinajstić information content (AvgIpc) is 3.37. The van der Waals surface area contributed by atoms with Gasteiger partial charge in [0.25, 0.3) is 5.91 Å². The average molecular weight is 369 g/mol.